The highest BCUT2D eigenvalue weighted by atomic mass is 16.5. The maximum Gasteiger partial charge on any atom is 0.317 e. The number of nitrogens with zero attached hydrogens (tertiary/aromatic N) is 2. The molecule has 3 rings (SSSR count). The van der Waals surface area contributed by atoms with E-state index in [1.54, 1.807) is 12.0 Å². The largest absolute Gasteiger partial charge is 0.497 e. The molecule has 1 aliphatic rings. The second-order valence-corrected chi connectivity index (χ2v) is 6.54. The highest BCUT2D eigenvalue weighted by Crippen LogP contribution is 2.14. The summed E-state index contributed by atoms with van der Waals surface area (Å²) < 4.78 is 5.20. The van der Waals surface area contributed by atoms with Crippen molar-refractivity contribution in [2.45, 2.75) is 13.0 Å². The molecule has 0 saturated carbocycles. The van der Waals surface area contributed by atoms with E-state index < -0.39 is 0 Å². The molecule has 1 heterocycles. The van der Waals surface area contributed by atoms with Crippen molar-refractivity contribution in [3.8, 4) is 5.75 Å². The van der Waals surface area contributed by atoms with Crippen molar-refractivity contribution in [2.75, 3.05) is 33.3 Å². The van der Waals surface area contributed by atoms with Gasteiger partial charge in [0.2, 0.25) is 5.91 Å². The van der Waals surface area contributed by atoms with Gasteiger partial charge in [0.25, 0.3) is 0 Å². The Balaban J connectivity index is 1.45. The quantitative estimate of drug-likeness (QED) is 0.882. The second-order valence-electron chi connectivity index (χ2n) is 6.54. The van der Waals surface area contributed by atoms with Crippen LogP contribution in [0.4, 0.5) is 4.79 Å². The predicted molar refractivity (Wildman–Crippen MR) is 104 cm³/mol. The van der Waals surface area contributed by atoms with Gasteiger partial charge in [-0.2, -0.15) is 0 Å². The normalized spacial score (nSPS) is 14.0. The first kappa shape index (κ1) is 18.8. The molecule has 0 radical (unpaired) electrons. The van der Waals surface area contributed by atoms with Gasteiger partial charge in [-0.3, -0.25) is 4.79 Å². The molecular weight excluding hydrogens is 342 g/mol. The van der Waals surface area contributed by atoms with Gasteiger partial charge in [0.05, 0.1) is 13.5 Å². The third kappa shape index (κ3) is 5.23. The molecule has 1 aliphatic heterocycles. The molecule has 6 heteroatoms. The van der Waals surface area contributed by atoms with Gasteiger partial charge in [0, 0.05) is 32.7 Å². The molecule has 27 heavy (non-hydrogen) atoms. The van der Waals surface area contributed by atoms with Crippen molar-refractivity contribution in [2.24, 2.45) is 0 Å². The van der Waals surface area contributed by atoms with Crippen molar-refractivity contribution in [1.29, 1.82) is 0 Å². The maximum absolute atomic E-state index is 12.5. The molecule has 0 atom stereocenters. The van der Waals surface area contributed by atoms with Gasteiger partial charge in [-0.1, -0.05) is 42.5 Å². The van der Waals surface area contributed by atoms with E-state index in [-0.39, 0.29) is 11.9 Å². The summed E-state index contributed by atoms with van der Waals surface area (Å²) in [6, 6.07) is 17.3. The zero-order valence-corrected chi connectivity index (χ0v) is 15.6. The Morgan fingerprint density at radius 2 is 1.59 bits per heavy atom. The molecule has 1 N–H and O–H groups in total. The lowest BCUT2D eigenvalue weighted by molar-refractivity contribution is -0.131. The van der Waals surface area contributed by atoms with Gasteiger partial charge >= 0.3 is 6.03 Å². The summed E-state index contributed by atoms with van der Waals surface area (Å²) in [7, 11) is 1.61. The van der Waals surface area contributed by atoms with Gasteiger partial charge in [-0.25, -0.2) is 4.79 Å². The third-order valence-electron chi connectivity index (χ3n) is 4.70. The fourth-order valence-electron chi connectivity index (χ4n) is 3.11. The summed E-state index contributed by atoms with van der Waals surface area (Å²) in [5.74, 6) is 0.827. The van der Waals surface area contributed by atoms with Gasteiger partial charge < -0.3 is 19.9 Å². The first-order chi connectivity index (χ1) is 13.2. The smallest absolute Gasteiger partial charge is 0.317 e. The number of amides is 3. The van der Waals surface area contributed by atoms with Gasteiger partial charge in [0.1, 0.15) is 5.75 Å². The Hall–Kier alpha value is -3.02. The lowest BCUT2D eigenvalue weighted by atomic mass is 10.1. The van der Waals surface area contributed by atoms with E-state index in [0.717, 1.165) is 16.9 Å². The van der Waals surface area contributed by atoms with Crippen LogP contribution in [0.2, 0.25) is 0 Å². The number of rotatable bonds is 5. The van der Waals surface area contributed by atoms with Gasteiger partial charge in [-0.05, 0) is 23.3 Å². The van der Waals surface area contributed by atoms with Crippen molar-refractivity contribution in [1.82, 2.24) is 15.1 Å². The number of methoxy groups -OCH3 is 1. The van der Waals surface area contributed by atoms with Crippen molar-refractivity contribution in [3.05, 3.63) is 65.7 Å². The summed E-state index contributed by atoms with van der Waals surface area (Å²) in [6.45, 7) is 2.72. The Kier molecular flexibility index (Phi) is 6.30. The zero-order chi connectivity index (χ0) is 19.1. The third-order valence-corrected chi connectivity index (χ3v) is 4.70. The van der Waals surface area contributed by atoms with Crippen LogP contribution in [0.15, 0.2) is 54.6 Å². The lowest BCUT2D eigenvalue weighted by Crippen LogP contribution is -2.53. The first-order valence-electron chi connectivity index (χ1n) is 9.13. The molecule has 0 bridgehead atoms. The fourth-order valence-corrected chi connectivity index (χ4v) is 3.11. The number of carbonyl (C=O) groups excluding carboxylic acids is 2. The minimum Gasteiger partial charge on any atom is -0.497 e. The van der Waals surface area contributed by atoms with Crippen molar-refractivity contribution >= 4 is 11.9 Å². The van der Waals surface area contributed by atoms with Crippen molar-refractivity contribution in [3.63, 3.8) is 0 Å². The molecule has 2 aromatic carbocycles. The number of nitrogens with one attached hydrogen (secondary N) is 1. The molecular formula is C21H25N3O3. The van der Waals surface area contributed by atoms with Crippen LogP contribution in [-0.4, -0.2) is 55.0 Å². The molecule has 1 fully saturated rings. The van der Waals surface area contributed by atoms with Gasteiger partial charge in [-0.15, -0.1) is 0 Å². The van der Waals surface area contributed by atoms with Crippen LogP contribution in [0.5, 0.6) is 5.75 Å². The van der Waals surface area contributed by atoms with Crippen LogP contribution < -0.4 is 10.1 Å². The molecule has 1 saturated heterocycles. The second kappa shape index (κ2) is 9.07. The van der Waals surface area contributed by atoms with Crippen LogP contribution in [-0.2, 0) is 17.8 Å². The highest BCUT2D eigenvalue weighted by Gasteiger charge is 2.24. The van der Waals surface area contributed by atoms with Gasteiger partial charge in [0.15, 0.2) is 0 Å². The number of urea groups is 1. The molecule has 2 aromatic rings. The summed E-state index contributed by atoms with van der Waals surface area (Å²) >= 11 is 0. The predicted octanol–water partition coefficient (Wildman–Crippen LogP) is 2.29. The topological polar surface area (TPSA) is 61.9 Å². The average Bonchev–Trinajstić information content (AvgIpc) is 2.73. The monoisotopic (exact) mass is 367 g/mol. The van der Waals surface area contributed by atoms with Crippen LogP contribution in [0, 0.1) is 0 Å². The summed E-state index contributed by atoms with van der Waals surface area (Å²) in [4.78, 5) is 28.4. The molecule has 6 nitrogen and oxygen atoms in total. The Morgan fingerprint density at radius 1 is 0.926 bits per heavy atom. The molecule has 0 aromatic heterocycles. The van der Waals surface area contributed by atoms with Crippen LogP contribution in [0.25, 0.3) is 0 Å². The van der Waals surface area contributed by atoms with Crippen LogP contribution >= 0.6 is 0 Å². The minimum atomic E-state index is -0.0845. The Labute approximate surface area is 159 Å². The number of piperazine rings is 1. The summed E-state index contributed by atoms with van der Waals surface area (Å²) in [6.07, 6.45) is 0.345. The molecule has 0 unspecified atom stereocenters. The zero-order valence-electron chi connectivity index (χ0n) is 15.6. The Morgan fingerprint density at radius 3 is 2.30 bits per heavy atom. The molecule has 0 spiro atoms. The average molecular weight is 367 g/mol. The maximum atomic E-state index is 12.5. The van der Waals surface area contributed by atoms with Crippen molar-refractivity contribution < 1.29 is 14.3 Å². The number of benzene rings is 2. The van der Waals surface area contributed by atoms with Crippen LogP contribution in [0.1, 0.15) is 11.1 Å². The fraction of sp³-hybridized carbons (Fsp3) is 0.333. The summed E-state index contributed by atoms with van der Waals surface area (Å²) in [5, 5.41) is 2.93. The summed E-state index contributed by atoms with van der Waals surface area (Å²) in [5.41, 5.74) is 2.00. The number of hydrogen-bond donors (Lipinski definition) is 1. The van der Waals surface area contributed by atoms with E-state index in [9.17, 15) is 9.59 Å². The van der Waals surface area contributed by atoms with E-state index in [4.69, 9.17) is 4.74 Å². The first-order valence-corrected chi connectivity index (χ1v) is 9.13. The SMILES string of the molecule is COc1cccc(CC(=O)N2CCN(C(=O)NCc3ccccc3)CC2)c1. The Bertz CT molecular complexity index is 771. The van der Waals surface area contributed by atoms with E-state index in [1.807, 2.05) is 59.5 Å². The standard InChI is InChI=1S/C21H25N3O3/c1-27-19-9-5-8-18(14-19)15-20(25)23-10-12-24(13-11-23)21(26)22-16-17-6-3-2-4-7-17/h2-9,14H,10-13,15-16H2,1H3,(H,22,26). The molecule has 142 valence electrons. The van der Waals surface area contributed by atoms with E-state index in [2.05, 4.69) is 5.32 Å². The van der Waals surface area contributed by atoms with E-state index in [0.29, 0.717) is 39.1 Å². The molecule has 3 amide bonds. The van der Waals surface area contributed by atoms with Crippen LogP contribution in [0.3, 0.4) is 0 Å². The number of ether oxygens (including phenoxy) is 1. The number of carbonyl (C=O) groups is 2. The lowest BCUT2D eigenvalue weighted by Gasteiger charge is -2.34. The highest BCUT2D eigenvalue weighted by molar-refractivity contribution is 5.79. The number of hydrogen-bond acceptors (Lipinski definition) is 3. The minimum absolute atomic E-state index is 0.0765. The van der Waals surface area contributed by atoms with E-state index in [1.165, 1.54) is 0 Å². The van der Waals surface area contributed by atoms with E-state index >= 15 is 0 Å². The molecule has 0 aliphatic carbocycles.